The fourth-order valence-electron chi connectivity index (χ4n) is 2.42. The Morgan fingerprint density at radius 3 is 1.95 bits per heavy atom. The molecular weight excluding hydrogens is 276 g/mol. The topological polar surface area (TPSA) is 35.5 Å². The molecule has 0 unspecified atom stereocenters. The van der Waals surface area contributed by atoms with E-state index in [1.54, 1.807) is 0 Å². The number of aryl methyl sites for hydroxylation is 1. The van der Waals surface area contributed by atoms with Gasteiger partial charge in [0.15, 0.2) is 0 Å². The van der Waals surface area contributed by atoms with Crippen molar-refractivity contribution in [2.45, 2.75) is 57.8 Å². The van der Waals surface area contributed by atoms with Crippen molar-refractivity contribution in [3.8, 4) is 0 Å². The van der Waals surface area contributed by atoms with Gasteiger partial charge >= 0.3 is 0 Å². The monoisotopic (exact) mass is 306 g/mol. The molecule has 0 spiro atoms. The first-order valence-corrected chi connectivity index (χ1v) is 8.60. The first-order chi connectivity index (χ1) is 10.9. The van der Waals surface area contributed by atoms with Crippen LogP contribution < -0.4 is 0 Å². The molecule has 3 heteroatoms. The SMILES string of the molecule is O=COCCCCCCOCCCCCCc1ccccc1. The first-order valence-electron chi connectivity index (χ1n) is 8.60. The van der Waals surface area contributed by atoms with E-state index in [0.29, 0.717) is 13.1 Å². The lowest BCUT2D eigenvalue weighted by atomic mass is 10.1. The second kappa shape index (κ2) is 14.6. The minimum absolute atomic E-state index is 0.517. The van der Waals surface area contributed by atoms with E-state index < -0.39 is 0 Å². The molecule has 0 saturated heterocycles. The lowest BCUT2D eigenvalue weighted by Crippen LogP contribution is -1.98. The van der Waals surface area contributed by atoms with Crippen LogP contribution in [0.4, 0.5) is 0 Å². The Bertz CT molecular complexity index is 351. The van der Waals surface area contributed by atoms with Crippen LogP contribution in [0.5, 0.6) is 0 Å². The quantitative estimate of drug-likeness (QED) is 0.352. The molecule has 0 fully saturated rings. The van der Waals surface area contributed by atoms with Gasteiger partial charge in [-0.25, -0.2) is 0 Å². The Balaban J connectivity index is 1.74. The van der Waals surface area contributed by atoms with Crippen LogP contribution in [0.1, 0.15) is 56.9 Å². The molecule has 1 aromatic carbocycles. The summed E-state index contributed by atoms with van der Waals surface area (Å²) in [6, 6.07) is 10.7. The van der Waals surface area contributed by atoms with E-state index in [1.165, 1.54) is 37.7 Å². The highest BCUT2D eigenvalue weighted by Crippen LogP contribution is 2.08. The molecule has 0 N–H and O–H groups in total. The van der Waals surface area contributed by atoms with Crippen molar-refractivity contribution in [2.24, 2.45) is 0 Å². The number of benzene rings is 1. The maximum absolute atomic E-state index is 9.94. The Kier molecular flexibility index (Phi) is 12.4. The first kappa shape index (κ1) is 18.7. The average molecular weight is 306 g/mol. The van der Waals surface area contributed by atoms with E-state index in [0.717, 1.165) is 38.9 Å². The molecule has 0 amide bonds. The van der Waals surface area contributed by atoms with Gasteiger partial charge in [0.05, 0.1) is 6.61 Å². The summed E-state index contributed by atoms with van der Waals surface area (Å²) in [6.07, 6.45) is 10.5. The molecular formula is C19H30O3. The van der Waals surface area contributed by atoms with Gasteiger partial charge in [0.25, 0.3) is 6.47 Å². The van der Waals surface area contributed by atoms with Gasteiger partial charge in [0, 0.05) is 13.2 Å². The summed E-state index contributed by atoms with van der Waals surface area (Å²) < 4.78 is 10.3. The maximum atomic E-state index is 9.94. The van der Waals surface area contributed by atoms with Crippen LogP contribution in [0.3, 0.4) is 0 Å². The van der Waals surface area contributed by atoms with Gasteiger partial charge in [-0.15, -0.1) is 0 Å². The van der Waals surface area contributed by atoms with Crippen LogP contribution in [0, 0.1) is 0 Å². The second-order valence-corrected chi connectivity index (χ2v) is 5.64. The van der Waals surface area contributed by atoms with Gasteiger partial charge < -0.3 is 9.47 Å². The number of unbranched alkanes of at least 4 members (excludes halogenated alkanes) is 6. The predicted molar refractivity (Wildman–Crippen MR) is 89.9 cm³/mol. The van der Waals surface area contributed by atoms with Crippen LogP contribution in [0.25, 0.3) is 0 Å². The van der Waals surface area contributed by atoms with Gasteiger partial charge in [-0.1, -0.05) is 49.6 Å². The second-order valence-electron chi connectivity index (χ2n) is 5.64. The molecule has 0 radical (unpaired) electrons. The maximum Gasteiger partial charge on any atom is 0.293 e. The van der Waals surface area contributed by atoms with Crippen molar-refractivity contribution in [3.63, 3.8) is 0 Å². The molecule has 0 heterocycles. The summed E-state index contributed by atoms with van der Waals surface area (Å²) in [4.78, 5) is 9.94. The molecule has 0 atom stereocenters. The van der Waals surface area contributed by atoms with Crippen LogP contribution >= 0.6 is 0 Å². The van der Waals surface area contributed by atoms with E-state index in [1.807, 2.05) is 0 Å². The van der Waals surface area contributed by atoms with E-state index in [4.69, 9.17) is 4.74 Å². The smallest absolute Gasteiger partial charge is 0.293 e. The lowest BCUT2D eigenvalue weighted by molar-refractivity contribution is -0.128. The van der Waals surface area contributed by atoms with Gasteiger partial charge in [0.2, 0.25) is 0 Å². The highest BCUT2D eigenvalue weighted by atomic mass is 16.5. The van der Waals surface area contributed by atoms with Crippen LogP contribution in [-0.2, 0) is 20.7 Å². The van der Waals surface area contributed by atoms with Crippen molar-refractivity contribution in [1.82, 2.24) is 0 Å². The summed E-state index contributed by atoms with van der Waals surface area (Å²) in [5, 5.41) is 0. The van der Waals surface area contributed by atoms with E-state index in [9.17, 15) is 4.79 Å². The fraction of sp³-hybridized carbons (Fsp3) is 0.632. The molecule has 0 bridgehead atoms. The van der Waals surface area contributed by atoms with Crippen LogP contribution in [0.15, 0.2) is 30.3 Å². The third kappa shape index (κ3) is 11.3. The summed E-state index contributed by atoms with van der Waals surface area (Å²) in [5.74, 6) is 0. The Hall–Kier alpha value is -1.35. The molecule has 0 aliphatic heterocycles. The van der Waals surface area contributed by atoms with Gasteiger partial charge in [0.1, 0.15) is 0 Å². The number of ether oxygens (including phenoxy) is 2. The zero-order chi connectivity index (χ0) is 15.7. The number of carbonyl (C=O) groups is 1. The summed E-state index contributed by atoms with van der Waals surface area (Å²) in [5.41, 5.74) is 1.44. The standard InChI is InChI=1S/C19H30O3/c20-18-22-17-11-4-3-10-16-21-15-9-2-1-6-12-19-13-7-5-8-14-19/h5,7-8,13-14,18H,1-4,6,9-12,15-17H2. The number of carbonyl (C=O) groups excluding carboxylic acids is 1. The van der Waals surface area contributed by atoms with E-state index in [2.05, 4.69) is 35.1 Å². The third-order valence-electron chi connectivity index (χ3n) is 3.72. The van der Waals surface area contributed by atoms with Gasteiger partial charge in [-0.3, -0.25) is 4.79 Å². The molecule has 1 rings (SSSR count). The van der Waals surface area contributed by atoms with Gasteiger partial charge in [-0.05, 0) is 44.1 Å². The minimum atomic E-state index is 0.517. The molecule has 124 valence electrons. The van der Waals surface area contributed by atoms with E-state index in [-0.39, 0.29) is 0 Å². The fourth-order valence-corrected chi connectivity index (χ4v) is 2.42. The van der Waals surface area contributed by atoms with Crippen molar-refractivity contribution in [1.29, 1.82) is 0 Å². The van der Waals surface area contributed by atoms with Gasteiger partial charge in [-0.2, -0.15) is 0 Å². The summed E-state index contributed by atoms with van der Waals surface area (Å²) in [7, 11) is 0. The van der Waals surface area contributed by atoms with Crippen LogP contribution in [-0.4, -0.2) is 26.3 Å². The number of hydrogen-bond donors (Lipinski definition) is 0. The highest BCUT2D eigenvalue weighted by molar-refractivity contribution is 5.36. The minimum Gasteiger partial charge on any atom is -0.468 e. The highest BCUT2D eigenvalue weighted by Gasteiger charge is 1.95. The normalized spacial score (nSPS) is 10.5. The number of rotatable bonds is 15. The Morgan fingerprint density at radius 1 is 0.727 bits per heavy atom. The summed E-state index contributed by atoms with van der Waals surface area (Å²) in [6.45, 7) is 2.81. The molecule has 22 heavy (non-hydrogen) atoms. The Labute approximate surface area is 135 Å². The predicted octanol–water partition coefficient (Wildman–Crippen LogP) is 4.54. The molecule has 1 aromatic rings. The van der Waals surface area contributed by atoms with Crippen molar-refractivity contribution >= 4 is 6.47 Å². The van der Waals surface area contributed by atoms with Crippen molar-refractivity contribution in [2.75, 3.05) is 19.8 Å². The largest absolute Gasteiger partial charge is 0.468 e. The molecule has 0 aliphatic carbocycles. The van der Waals surface area contributed by atoms with Crippen molar-refractivity contribution in [3.05, 3.63) is 35.9 Å². The molecule has 3 nitrogen and oxygen atoms in total. The van der Waals surface area contributed by atoms with Crippen LogP contribution in [0.2, 0.25) is 0 Å². The zero-order valence-corrected chi connectivity index (χ0v) is 13.7. The zero-order valence-electron chi connectivity index (χ0n) is 13.7. The average Bonchev–Trinajstić information content (AvgIpc) is 2.56. The third-order valence-corrected chi connectivity index (χ3v) is 3.72. The molecule has 0 aromatic heterocycles. The Morgan fingerprint density at radius 2 is 1.32 bits per heavy atom. The number of hydrogen-bond acceptors (Lipinski definition) is 3. The molecule has 0 saturated carbocycles. The van der Waals surface area contributed by atoms with Crippen molar-refractivity contribution < 1.29 is 14.3 Å². The molecule has 0 aliphatic rings. The summed E-state index contributed by atoms with van der Waals surface area (Å²) >= 11 is 0. The lowest BCUT2D eigenvalue weighted by Gasteiger charge is -2.05. The van der Waals surface area contributed by atoms with E-state index >= 15 is 0 Å².